The largest absolute Gasteiger partial charge is 0.423 e. The Balaban J connectivity index is 1.48. The standard InChI is InChI=1S/C17H16N4O5S/c22-21(23)13-5-7-14(8-6-13)27(24,25)20-11-9-19(10-12-20)17-18-15-3-1-2-4-16(15)26-17/h1-8H,9-12H2. The number of nitro benzene ring substituents is 1. The smallest absolute Gasteiger partial charge is 0.298 e. The van der Waals surface area contributed by atoms with Crippen LogP contribution in [0.3, 0.4) is 0 Å². The molecule has 1 aliphatic heterocycles. The fraction of sp³-hybridized carbons (Fsp3) is 0.235. The number of hydrogen-bond acceptors (Lipinski definition) is 7. The number of fused-ring (bicyclic) bond motifs is 1. The van der Waals surface area contributed by atoms with Crippen molar-refractivity contribution in [3.8, 4) is 0 Å². The molecule has 0 amide bonds. The van der Waals surface area contributed by atoms with Crippen molar-refractivity contribution in [1.29, 1.82) is 0 Å². The van der Waals surface area contributed by atoms with E-state index in [1.165, 1.54) is 28.6 Å². The van der Waals surface area contributed by atoms with Crippen LogP contribution in [-0.4, -0.2) is 48.8 Å². The molecule has 0 atom stereocenters. The molecule has 1 fully saturated rings. The van der Waals surface area contributed by atoms with Gasteiger partial charge in [0.05, 0.1) is 9.82 Å². The minimum atomic E-state index is -3.70. The van der Waals surface area contributed by atoms with Gasteiger partial charge in [-0.2, -0.15) is 9.29 Å². The number of sulfonamides is 1. The van der Waals surface area contributed by atoms with Crippen molar-refractivity contribution < 1.29 is 17.8 Å². The Morgan fingerprint density at radius 3 is 2.30 bits per heavy atom. The number of para-hydroxylation sites is 2. The maximum Gasteiger partial charge on any atom is 0.298 e. The molecule has 0 N–H and O–H groups in total. The molecule has 2 heterocycles. The van der Waals surface area contributed by atoms with Gasteiger partial charge in [-0.1, -0.05) is 12.1 Å². The van der Waals surface area contributed by atoms with Gasteiger partial charge >= 0.3 is 0 Å². The van der Waals surface area contributed by atoms with Crippen LogP contribution in [-0.2, 0) is 10.0 Å². The van der Waals surface area contributed by atoms with Gasteiger partial charge in [0.2, 0.25) is 10.0 Å². The van der Waals surface area contributed by atoms with E-state index in [4.69, 9.17) is 4.42 Å². The number of nitrogens with zero attached hydrogens (tertiary/aromatic N) is 4. The highest BCUT2D eigenvalue weighted by atomic mass is 32.2. The molecule has 10 heteroatoms. The summed E-state index contributed by atoms with van der Waals surface area (Å²) in [7, 11) is -3.70. The predicted octanol–water partition coefficient (Wildman–Crippen LogP) is 2.25. The van der Waals surface area contributed by atoms with Crippen LogP contribution in [0.2, 0.25) is 0 Å². The van der Waals surface area contributed by atoms with Crippen molar-refractivity contribution in [2.24, 2.45) is 0 Å². The van der Waals surface area contributed by atoms with Gasteiger partial charge in [-0.05, 0) is 24.3 Å². The summed E-state index contributed by atoms with van der Waals surface area (Å²) in [4.78, 5) is 16.5. The first kappa shape index (κ1) is 17.4. The molecule has 0 spiro atoms. The van der Waals surface area contributed by atoms with Crippen molar-refractivity contribution in [3.63, 3.8) is 0 Å². The lowest BCUT2D eigenvalue weighted by Gasteiger charge is -2.33. The molecule has 3 aromatic rings. The number of benzene rings is 2. The van der Waals surface area contributed by atoms with Crippen LogP contribution in [0, 0.1) is 10.1 Å². The number of aromatic nitrogens is 1. The van der Waals surface area contributed by atoms with Gasteiger partial charge in [0.25, 0.3) is 11.7 Å². The number of hydrogen-bond donors (Lipinski definition) is 0. The maximum atomic E-state index is 12.8. The molecule has 0 unspecified atom stereocenters. The van der Waals surface area contributed by atoms with E-state index in [-0.39, 0.29) is 23.7 Å². The van der Waals surface area contributed by atoms with E-state index in [0.717, 1.165) is 5.52 Å². The zero-order valence-corrected chi connectivity index (χ0v) is 15.0. The minimum Gasteiger partial charge on any atom is -0.423 e. The van der Waals surface area contributed by atoms with Gasteiger partial charge in [-0.15, -0.1) is 0 Å². The molecule has 0 aliphatic carbocycles. The van der Waals surface area contributed by atoms with Gasteiger partial charge in [-0.3, -0.25) is 10.1 Å². The first-order chi connectivity index (χ1) is 12.9. The van der Waals surface area contributed by atoms with Crippen LogP contribution < -0.4 is 4.90 Å². The molecular formula is C17H16N4O5S. The molecule has 0 radical (unpaired) electrons. The average Bonchev–Trinajstić information content (AvgIpc) is 3.12. The highest BCUT2D eigenvalue weighted by Crippen LogP contribution is 2.25. The van der Waals surface area contributed by atoms with Gasteiger partial charge in [0.15, 0.2) is 5.58 Å². The molecule has 1 aromatic heterocycles. The van der Waals surface area contributed by atoms with Gasteiger partial charge in [0.1, 0.15) is 5.52 Å². The van der Waals surface area contributed by atoms with Crippen molar-refractivity contribution in [2.45, 2.75) is 4.90 Å². The Bertz CT molecular complexity index is 1050. The van der Waals surface area contributed by atoms with E-state index in [0.29, 0.717) is 24.7 Å². The normalized spacial score (nSPS) is 15.9. The second-order valence-electron chi connectivity index (χ2n) is 6.11. The van der Waals surface area contributed by atoms with Crippen molar-refractivity contribution in [2.75, 3.05) is 31.1 Å². The third kappa shape index (κ3) is 3.24. The lowest BCUT2D eigenvalue weighted by molar-refractivity contribution is -0.384. The van der Waals surface area contributed by atoms with Crippen LogP contribution in [0.25, 0.3) is 11.1 Å². The highest BCUT2D eigenvalue weighted by Gasteiger charge is 2.30. The van der Waals surface area contributed by atoms with Crippen molar-refractivity contribution in [3.05, 3.63) is 58.6 Å². The first-order valence-electron chi connectivity index (χ1n) is 8.30. The van der Waals surface area contributed by atoms with Crippen molar-refractivity contribution >= 4 is 32.8 Å². The Kier molecular flexibility index (Phi) is 4.28. The summed E-state index contributed by atoms with van der Waals surface area (Å²) in [5, 5.41) is 10.7. The summed E-state index contributed by atoms with van der Waals surface area (Å²) in [6, 6.07) is 12.8. The quantitative estimate of drug-likeness (QED) is 0.498. The molecule has 27 heavy (non-hydrogen) atoms. The summed E-state index contributed by atoms with van der Waals surface area (Å²) < 4.78 is 32.6. The lowest BCUT2D eigenvalue weighted by Crippen LogP contribution is -2.48. The number of anilines is 1. The molecule has 9 nitrogen and oxygen atoms in total. The molecule has 2 aromatic carbocycles. The van der Waals surface area contributed by atoms with E-state index in [1.807, 2.05) is 29.2 Å². The third-order valence-corrected chi connectivity index (χ3v) is 6.39. The number of rotatable bonds is 4. The molecule has 1 aliphatic rings. The summed E-state index contributed by atoms with van der Waals surface area (Å²) >= 11 is 0. The van der Waals surface area contributed by atoms with Crippen LogP contribution in [0.1, 0.15) is 0 Å². The van der Waals surface area contributed by atoms with Crippen LogP contribution >= 0.6 is 0 Å². The highest BCUT2D eigenvalue weighted by molar-refractivity contribution is 7.89. The van der Waals surface area contributed by atoms with E-state index in [1.54, 1.807) is 0 Å². The third-order valence-electron chi connectivity index (χ3n) is 4.48. The number of piperazine rings is 1. The fourth-order valence-electron chi connectivity index (χ4n) is 3.00. The second-order valence-corrected chi connectivity index (χ2v) is 8.04. The molecule has 1 saturated heterocycles. The first-order valence-corrected chi connectivity index (χ1v) is 9.74. The van der Waals surface area contributed by atoms with E-state index < -0.39 is 14.9 Å². The Hall–Kier alpha value is -2.98. The molecular weight excluding hydrogens is 372 g/mol. The van der Waals surface area contributed by atoms with Crippen LogP contribution in [0.5, 0.6) is 0 Å². The summed E-state index contributed by atoms with van der Waals surface area (Å²) in [5.74, 6) is 0. The Morgan fingerprint density at radius 2 is 1.67 bits per heavy atom. The summed E-state index contributed by atoms with van der Waals surface area (Å²) in [5.41, 5.74) is 1.30. The van der Waals surface area contributed by atoms with Crippen molar-refractivity contribution in [1.82, 2.24) is 9.29 Å². The molecule has 0 saturated carbocycles. The molecule has 4 rings (SSSR count). The molecule has 140 valence electrons. The van der Waals surface area contributed by atoms with Gasteiger partial charge in [0, 0.05) is 38.3 Å². The zero-order valence-electron chi connectivity index (χ0n) is 14.2. The van der Waals surface area contributed by atoms with Crippen LogP contribution in [0.15, 0.2) is 57.8 Å². The minimum absolute atomic E-state index is 0.0448. The van der Waals surface area contributed by atoms with Gasteiger partial charge in [-0.25, -0.2) is 8.42 Å². The predicted molar refractivity (Wildman–Crippen MR) is 98.1 cm³/mol. The van der Waals surface area contributed by atoms with E-state index >= 15 is 0 Å². The van der Waals surface area contributed by atoms with E-state index in [9.17, 15) is 18.5 Å². The molecule has 0 bridgehead atoms. The van der Waals surface area contributed by atoms with Gasteiger partial charge < -0.3 is 9.32 Å². The van der Waals surface area contributed by atoms with E-state index in [2.05, 4.69) is 4.98 Å². The topological polar surface area (TPSA) is 110 Å². The maximum absolute atomic E-state index is 12.8. The number of nitro groups is 1. The number of oxazole rings is 1. The zero-order chi connectivity index (χ0) is 19.0. The Morgan fingerprint density at radius 1 is 1.00 bits per heavy atom. The second kappa shape index (κ2) is 6.63. The fourth-order valence-corrected chi connectivity index (χ4v) is 4.43. The Labute approximate surface area is 155 Å². The summed E-state index contributed by atoms with van der Waals surface area (Å²) in [6.45, 7) is 1.44. The SMILES string of the molecule is O=[N+]([O-])c1ccc(S(=O)(=O)N2CCN(c3nc4ccccc4o3)CC2)cc1. The number of non-ortho nitro benzene ring substituents is 1. The average molecular weight is 388 g/mol. The lowest BCUT2D eigenvalue weighted by atomic mass is 10.3. The van der Waals surface area contributed by atoms with Crippen LogP contribution in [0.4, 0.5) is 11.7 Å². The summed E-state index contributed by atoms with van der Waals surface area (Å²) in [6.07, 6.45) is 0. The monoisotopic (exact) mass is 388 g/mol.